The van der Waals surface area contributed by atoms with Crippen LogP contribution in [0.5, 0.6) is 0 Å². The van der Waals surface area contributed by atoms with Crippen molar-refractivity contribution < 1.29 is 9.53 Å². The predicted molar refractivity (Wildman–Crippen MR) is 97.0 cm³/mol. The van der Waals surface area contributed by atoms with Crippen molar-refractivity contribution in [3.8, 4) is 0 Å². The number of carbonyl (C=O) groups is 1. The summed E-state index contributed by atoms with van der Waals surface area (Å²) in [4.78, 5) is 15.0. The van der Waals surface area contributed by atoms with E-state index in [-0.39, 0.29) is 18.2 Å². The van der Waals surface area contributed by atoms with Crippen LogP contribution in [0.3, 0.4) is 0 Å². The third-order valence-corrected chi connectivity index (χ3v) is 5.16. The van der Waals surface area contributed by atoms with E-state index in [0.29, 0.717) is 6.54 Å². The van der Waals surface area contributed by atoms with E-state index in [0.717, 1.165) is 40.7 Å². The van der Waals surface area contributed by atoms with Gasteiger partial charge in [0.2, 0.25) is 0 Å². The Morgan fingerprint density at radius 2 is 1.96 bits per heavy atom. The van der Waals surface area contributed by atoms with Gasteiger partial charge >= 0.3 is 0 Å². The number of ether oxygens (including phenoxy) is 1. The number of nitrogens with one attached hydrogen (secondary N) is 1. The highest BCUT2D eigenvalue weighted by Gasteiger charge is 2.35. The molecule has 124 valence electrons. The molecule has 0 unspecified atom stereocenters. The van der Waals surface area contributed by atoms with Crippen molar-refractivity contribution in [3.63, 3.8) is 0 Å². The molecule has 1 amide bonds. The van der Waals surface area contributed by atoms with Gasteiger partial charge in [0.25, 0.3) is 5.91 Å². The first kappa shape index (κ1) is 15.7. The molecule has 0 radical (unpaired) electrons. The Labute approximate surface area is 149 Å². The van der Waals surface area contributed by atoms with Gasteiger partial charge in [0.05, 0.1) is 11.7 Å². The number of hydrogen-bond acceptors (Lipinski definition) is 3. The topological polar surface area (TPSA) is 41.6 Å². The van der Waals surface area contributed by atoms with Crippen LogP contribution in [0.25, 0.3) is 0 Å². The van der Waals surface area contributed by atoms with Crippen LogP contribution in [0, 0.1) is 0 Å². The number of carbonyl (C=O) groups excluding carboxylic acids is 1. The Morgan fingerprint density at radius 3 is 2.71 bits per heavy atom. The number of amides is 1. The summed E-state index contributed by atoms with van der Waals surface area (Å²) in [6, 6.07) is 15.8. The van der Waals surface area contributed by atoms with Gasteiger partial charge < -0.3 is 15.0 Å². The maximum atomic E-state index is 13.1. The van der Waals surface area contributed by atoms with E-state index in [1.165, 1.54) is 0 Å². The molecular weight excluding hydrogens is 368 g/mol. The average molecular weight is 387 g/mol. The fourth-order valence-electron chi connectivity index (χ4n) is 3.40. The lowest BCUT2D eigenvalue weighted by molar-refractivity contribution is 0.0427. The van der Waals surface area contributed by atoms with E-state index in [2.05, 4.69) is 21.2 Å². The van der Waals surface area contributed by atoms with Crippen molar-refractivity contribution in [2.75, 3.05) is 18.5 Å². The van der Waals surface area contributed by atoms with Crippen LogP contribution < -0.4 is 5.32 Å². The molecular formula is C19H19BrN2O2. The third-order valence-electron chi connectivity index (χ3n) is 4.63. The number of halogens is 1. The van der Waals surface area contributed by atoms with E-state index in [1.54, 1.807) is 0 Å². The second kappa shape index (κ2) is 6.57. The fourth-order valence-corrected chi connectivity index (χ4v) is 3.66. The summed E-state index contributed by atoms with van der Waals surface area (Å²) in [5.74, 6) is 0.0627. The van der Waals surface area contributed by atoms with Crippen LogP contribution in [-0.2, 0) is 4.74 Å². The molecule has 0 aromatic heterocycles. The largest absolute Gasteiger partial charge is 0.376 e. The monoisotopic (exact) mass is 386 g/mol. The summed E-state index contributed by atoms with van der Waals surface area (Å²) >= 11 is 3.47. The number of para-hydroxylation sites is 1. The number of hydrogen-bond donors (Lipinski definition) is 1. The minimum atomic E-state index is -0.176. The van der Waals surface area contributed by atoms with Crippen molar-refractivity contribution in [3.05, 3.63) is 64.1 Å². The van der Waals surface area contributed by atoms with E-state index in [1.807, 2.05) is 53.4 Å². The van der Waals surface area contributed by atoms with Gasteiger partial charge in [-0.15, -0.1) is 0 Å². The third kappa shape index (κ3) is 2.94. The van der Waals surface area contributed by atoms with E-state index >= 15 is 0 Å². The van der Waals surface area contributed by atoms with Gasteiger partial charge in [0.1, 0.15) is 6.17 Å². The molecule has 2 aromatic carbocycles. The molecule has 5 heteroatoms. The highest BCUT2D eigenvalue weighted by molar-refractivity contribution is 9.10. The maximum Gasteiger partial charge on any atom is 0.257 e. The van der Waals surface area contributed by atoms with Crippen molar-refractivity contribution in [2.45, 2.75) is 25.1 Å². The minimum absolute atomic E-state index is 0.0627. The van der Waals surface area contributed by atoms with Gasteiger partial charge in [-0.1, -0.05) is 40.2 Å². The molecule has 4 nitrogen and oxygen atoms in total. The zero-order valence-electron chi connectivity index (χ0n) is 13.2. The van der Waals surface area contributed by atoms with Gasteiger partial charge in [0.15, 0.2) is 0 Å². The highest BCUT2D eigenvalue weighted by atomic mass is 79.9. The Balaban J connectivity index is 1.70. The number of nitrogens with zero attached hydrogens (tertiary/aromatic N) is 1. The standard InChI is InChI=1S/C19H19BrN2O2/c20-14-9-7-13(8-10-14)18-21-17-6-2-1-5-16(17)19(23)22(18)12-15-4-3-11-24-15/h1-2,5-10,15,18,21H,3-4,11-12H2/t15-,18-/m1/s1. The van der Waals surface area contributed by atoms with Crippen LogP contribution in [-0.4, -0.2) is 30.1 Å². The lowest BCUT2D eigenvalue weighted by Crippen LogP contribution is -2.46. The molecule has 0 spiro atoms. The Kier molecular flexibility index (Phi) is 4.29. The summed E-state index contributed by atoms with van der Waals surface area (Å²) in [5.41, 5.74) is 2.68. The number of anilines is 1. The lowest BCUT2D eigenvalue weighted by Gasteiger charge is -2.39. The molecule has 1 N–H and O–H groups in total. The second-order valence-corrected chi connectivity index (χ2v) is 7.15. The van der Waals surface area contributed by atoms with E-state index in [4.69, 9.17) is 4.74 Å². The zero-order chi connectivity index (χ0) is 16.5. The van der Waals surface area contributed by atoms with Crippen molar-refractivity contribution in [2.24, 2.45) is 0 Å². The number of fused-ring (bicyclic) bond motifs is 1. The molecule has 2 aromatic rings. The summed E-state index contributed by atoms with van der Waals surface area (Å²) < 4.78 is 6.79. The van der Waals surface area contributed by atoms with Gasteiger partial charge in [-0.3, -0.25) is 4.79 Å². The minimum Gasteiger partial charge on any atom is -0.376 e. The van der Waals surface area contributed by atoms with Gasteiger partial charge in [0, 0.05) is 23.3 Å². The van der Waals surface area contributed by atoms with Crippen LogP contribution in [0.15, 0.2) is 53.0 Å². The van der Waals surface area contributed by atoms with Gasteiger partial charge in [-0.25, -0.2) is 0 Å². The van der Waals surface area contributed by atoms with Crippen LogP contribution >= 0.6 is 15.9 Å². The molecule has 0 aliphatic carbocycles. The van der Waals surface area contributed by atoms with Crippen molar-refractivity contribution >= 4 is 27.5 Å². The first-order valence-electron chi connectivity index (χ1n) is 8.26. The molecule has 2 aliphatic rings. The highest BCUT2D eigenvalue weighted by Crippen LogP contribution is 2.34. The van der Waals surface area contributed by atoms with E-state index in [9.17, 15) is 4.79 Å². The Hall–Kier alpha value is -1.85. The molecule has 1 fully saturated rings. The molecule has 1 saturated heterocycles. The Bertz CT molecular complexity index is 741. The van der Waals surface area contributed by atoms with Gasteiger partial charge in [-0.2, -0.15) is 0 Å². The molecule has 2 heterocycles. The molecule has 4 rings (SSSR count). The fraction of sp³-hybridized carbons (Fsp3) is 0.316. The Morgan fingerprint density at radius 1 is 1.17 bits per heavy atom. The molecule has 2 aliphatic heterocycles. The SMILES string of the molecule is O=C1c2ccccc2N[C@@H](c2ccc(Br)cc2)N1C[C@H]1CCCO1. The first-order valence-corrected chi connectivity index (χ1v) is 9.05. The van der Waals surface area contributed by atoms with Crippen molar-refractivity contribution in [1.29, 1.82) is 0 Å². The number of benzene rings is 2. The van der Waals surface area contributed by atoms with Crippen LogP contribution in [0.1, 0.15) is 34.9 Å². The molecule has 2 atom stereocenters. The van der Waals surface area contributed by atoms with Gasteiger partial charge in [-0.05, 0) is 42.7 Å². The second-order valence-electron chi connectivity index (χ2n) is 6.24. The molecule has 0 bridgehead atoms. The summed E-state index contributed by atoms with van der Waals surface area (Å²) in [6.07, 6.45) is 2.03. The average Bonchev–Trinajstić information content (AvgIpc) is 3.11. The lowest BCUT2D eigenvalue weighted by atomic mass is 10.0. The van der Waals surface area contributed by atoms with E-state index < -0.39 is 0 Å². The van der Waals surface area contributed by atoms with Crippen LogP contribution in [0.2, 0.25) is 0 Å². The molecule has 24 heavy (non-hydrogen) atoms. The predicted octanol–water partition coefficient (Wildman–Crippen LogP) is 4.19. The summed E-state index contributed by atoms with van der Waals surface area (Å²) in [7, 11) is 0. The summed E-state index contributed by atoms with van der Waals surface area (Å²) in [6.45, 7) is 1.40. The zero-order valence-corrected chi connectivity index (χ0v) is 14.8. The quantitative estimate of drug-likeness (QED) is 0.859. The first-order chi connectivity index (χ1) is 11.7. The normalized spacial score (nSPS) is 23.0. The summed E-state index contributed by atoms with van der Waals surface area (Å²) in [5, 5.41) is 3.52. The maximum absolute atomic E-state index is 13.1. The number of rotatable bonds is 3. The van der Waals surface area contributed by atoms with Crippen LogP contribution in [0.4, 0.5) is 5.69 Å². The molecule has 0 saturated carbocycles. The smallest absolute Gasteiger partial charge is 0.257 e. The van der Waals surface area contributed by atoms with Crippen molar-refractivity contribution in [1.82, 2.24) is 4.90 Å².